The molecule has 0 amide bonds. The highest BCUT2D eigenvalue weighted by atomic mass is 16.5. The van der Waals surface area contributed by atoms with Crippen LogP contribution in [0, 0.1) is 13.0 Å². The molecule has 1 radical (unpaired) electrons. The maximum atomic E-state index is 9.07. The van der Waals surface area contributed by atoms with Crippen LogP contribution >= 0.6 is 0 Å². The van der Waals surface area contributed by atoms with Gasteiger partial charge in [0.05, 0.1) is 6.61 Å². The van der Waals surface area contributed by atoms with Gasteiger partial charge in [-0.2, -0.15) is 0 Å². The topological polar surface area (TPSA) is 29.5 Å². The maximum absolute atomic E-state index is 9.07. The minimum absolute atomic E-state index is 0.0692. The molecule has 0 saturated carbocycles. The number of hydrogen-bond acceptors (Lipinski definition) is 2. The van der Waals surface area contributed by atoms with Crippen molar-refractivity contribution in [3.63, 3.8) is 0 Å². The molecule has 0 fully saturated rings. The first-order chi connectivity index (χ1) is 8.29. The fraction of sp³-hybridized carbons (Fsp3) is 0.200. The zero-order valence-corrected chi connectivity index (χ0v) is 9.81. The summed E-state index contributed by atoms with van der Waals surface area (Å²) in [5, 5.41) is 9.07. The molecule has 0 atom stereocenters. The summed E-state index contributed by atoms with van der Waals surface area (Å²) < 4.78 is 5.67. The molecule has 0 aliphatic carbocycles. The third-order valence-electron chi connectivity index (χ3n) is 2.66. The molecule has 2 aromatic carbocycles. The lowest BCUT2D eigenvalue weighted by Crippen LogP contribution is -1.96. The van der Waals surface area contributed by atoms with Crippen LogP contribution in [0.4, 0.5) is 0 Å². The summed E-state index contributed by atoms with van der Waals surface area (Å²) in [6, 6.07) is 16.5. The second kappa shape index (κ2) is 5.51. The van der Waals surface area contributed by atoms with Crippen molar-refractivity contribution in [2.75, 3.05) is 0 Å². The molecule has 0 aromatic heterocycles. The van der Waals surface area contributed by atoms with E-state index in [-0.39, 0.29) is 6.61 Å². The van der Waals surface area contributed by atoms with Crippen molar-refractivity contribution in [2.24, 2.45) is 0 Å². The van der Waals surface area contributed by atoms with Gasteiger partial charge in [-0.1, -0.05) is 24.3 Å². The van der Waals surface area contributed by atoms with Gasteiger partial charge < -0.3 is 9.84 Å². The van der Waals surface area contributed by atoms with Gasteiger partial charge in [0.2, 0.25) is 0 Å². The Morgan fingerprint density at radius 1 is 1.29 bits per heavy atom. The lowest BCUT2D eigenvalue weighted by molar-refractivity contribution is 0.280. The molecule has 1 N–H and O–H groups in total. The van der Waals surface area contributed by atoms with Gasteiger partial charge in [-0.05, 0) is 47.9 Å². The first kappa shape index (κ1) is 11.7. The van der Waals surface area contributed by atoms with Gasteiger partial charge in [-0.3, -0.25) is 0 Å². The molecule has 87 valence electrons. The molecule has 0 saturated heterocycles. The summed E-state index contributed by atoms with van der Waals surface area (Å²) in [6.07, 6.45) is 0. The monoisotopic (exact) mass is 227 g/mol. The molecular formula is C15H15O2. The van der Waals surface area contributed by atoms with Gasteiger partial charge in [0.25, 0.3) is 0 Å². The molecule has 0 heterocycles. The van der Waals surface area contributed by atoms with Crippen LogP contribution in [0.25, 0.3) is 0 Å². The Hall–Kier alpha value is -1.80. The highest BCUT2D eigenvalue weighted by Gasteiger charge is 2.00. The van der Waals surface area contributed by atoms with Crippen LogP contribution in [0.3, 0.4) is 0 Å². The van der Waals surface area contributed by atoms with Crippen molar-refractivity contribution >= 4 is 0 Å². The van der Waals surface area contributed by atoms with Crippen molar-refractivity contribution in [3.05, 3.63) is 65.2 Å². The minimum Gasteiger partial charge on any atom is -0.489 e. The van der Waals surface area contributed by atoms with Crippen molar-refractivity contribution in [3.8, 4) is 5.75 Å². The van der Waals surface area contributed by atoms with Gasteiger partial charge in [0.15, 0.2) is 0 Å². The Bertz CT molecular complexity index is 478. The third kappa shape index (κ3) is 3.08. The molecule has 0 spiro atoms. The molecule has 0 unspecified atom stereocenters. The smallest absolute Gasteiger partial charge is 0.120 e. The van der Waals surface area contributed by atoms with Gasteiger partial charge in [-0.25, -0.2) is 0 Å². The van der Waals surface area contributed by atoms with Crippen LogP contribution in [-0.4, -0.2) is 5.11 Å². The molecule has 2 rings (SSSR count). The zero-order valence-electron chi connectivity index (χ0n) is 9.81. The highest BCUT2D eigenvalue weighted by Crippen LogP contribution is 2.18. The molecule has 0 aliphatic heterocycles. The zero-order chi connectivity index (χ0) is 12.1. The number of rotatable bonds is 4. The Kier molecular flexibility index (Phi) is 3.78. The Labute approximate surface area is 101 Å². The minimum atomic E-state index is 0.0692. The molecule has 2 heteroatoms. The number of hydrogen-bond donors (Lipinski definition) is 1. The Morgan fingerprint density at radius 2 is 2.18 bits per heavy atom. The van der Waals surface area contributed by atoms with E-state index < -0.39 is 0 Å². The van der Waals surface area contributed by atoms with E-state index in [0.717, 1.165) is 22.4 Å². The number of aliphatic hydroxyl groups is 1. The van der Waals surface area contributed by atoms with E-state index in [1.54, 1.807) is 0 Å². The van der Waals surface area contributed by atoms with E-state index in [1.807, 2.05) is 49.4 Å². The quantitative estimate of drug-likeness (QED) is 0.870. The average molecular weight is 227 g/mol. The summed E-state index contributed by atoms with van der Waals surface area (Å²) in [7, 11) is 0. The lowest BCUT2D eigenvalue weighted by atomic mass is 10.1. The second-order valence-electron chi connectivity index (χ2n) is 3.95. The molecule has 2 nitrogen and oxygen atoms in total. The highest BCUT2D eigenvalue weighted by molar-refractivity contribution is 5.34. The second-order valence-corrected chi connectivity index (χ2v) is 3.95. The van der Waals surface area contributed by atoms with Crippen molar-refractivity contribution in [1.82, 2.24) is 0 Å². The largest absolute Gasteiger partial charge is 0.489 e. The van der Waals surface area contributed by atoms with Crippen LogP contribution < -0.4 is 4.74 Å². The number of benzene rings is 2. The first-order valence-electron chi connectivity index (χ1n) is 5.58. The Morgan fingerprint density at radius 3 is 2.82 bits per heavy atom. The summed E-state index contributed by atoms with van der Waals surface area (Å²) >= 11 is 0. The normalized spacial score (nSPS) is 10.2. The molecule has 0 bridgehead atoms. The summed E-state index contributed by atoms with van der Waals surface area (Å²) in [5.74, 6) is 0.823. The SMILES string of the molecule is Cc1cc(OCc2c[c]ccc2)ccc1CO. The van der Waals surface area contributed by atoms with Crippen molar-refractivity contribution in [1.29, 1.82) is 0 Å². The van der Waals surface area contributed by atoms with Gasteiger partial charge in [0, 0.05) is 0 Å². The van der Waals surface area contributed by atoms with E-state index >= 15 is 0 Å². The summed E-state index contributed by atoms with van der Waals surface area (Å²) in [5.41, 5.74) is 3.08. The maximum Gasteiger partial charge on any atom is 0.120 e. The fourth-order valence-electron chi connectivity index (χ4n) is 1.62. The molecule has 17 heavy (non-hydrogen) atoms. The first-order valence-corrected chi connectivity index (χ1v) is 5.58. The van der Waals surface area contributed by atoms with Crippen LogP contribution in [0.1, 0.15) is 16.7 Å². The predicted octanol–water partition coefficient (Wildman–Crippen LogP) is 2.87. The number of ether oxygens (including phenoxy) is 1. The van der Waals surface area contributed by atoms with E-state index in [4.69, 9.17) is 9.84 Å². The van der Waals surface area contributed by atoms with Crippen LogP contribution in [-0.2, 0) is 13.2 Å². The van der Waals surface area contributed by atoms with Crippen molar-refractivity contribution < 1.29 is 9.84 Å². The van der Waals surface area contributed by atoms with E-state index in [0.29, 0.717) is 6.61 Å². The molecular weight excluding hydrogens is 212 g/mol. The average Bonchev–Trinajstić information content (AvgIpc) is 2.38. The summed E-state index contributed by atoms with van der Waals surface area (Å²) in [4.78, 5) is 0. The van der Waals surface area contributed by atoms with E-state index in [9.17, 15) is 0 Å². The van der Waals surface area contributed by atoms with Crippen LogP contribution in [0.2, 0.25) is 0 Å². The van der Waals surface area contributed by atoms with Gasteiger partial charge in [0.1, 0.15) is 12.4 Å². The third-order valence-corrected chi connectivity index (χ3v) is 2.66. The molecule has 2 aromatic rings. The van der Waals surface area contributed by atoms with E-state index in [2.05, 4.69) is 6.07 Å². The van der Waals surface area contributed by atoms with Crippen molar-refractivity contribution in [2.45, 2.75) is 20.1 Å². The summed E-state index contributed by atoms with van der Waals surface area (Å²) in [6.45, 7) is 2.57. The number of aryl methyl sites for hydroxylation is 1. The Balaban J connectivity index is 2.02. The number of aliphatic hydroxyl groups excluding tert-OH is 1. The van der Waals surface area contributed by atoms with Gasteiger partial charge in [-0.15, -0.1) is 0 Å². The van der Waals surface area contributed by atoms with Crippen LogP contribution in [0.15, 0.2) is 42.5 Å². The fourth-order valence-corrected chi connectivity index (χ4v) is 1.62. The standard InChI is InChI=1S/C15H15O2/c1-12-9-15(8-7-14(12)10-16)17-11-13-5-3-2-4-6-13/h2-3,5-9,16H,10-11H2,1H3. The van der Waals surface area contributed by atoms with Gasteiger partial charge >= 0.3 is 0 Å². The molecule has 0 aliphatic rings. The predicted molar refractivity (Wildman–Crippen MR) is 66.7 cm³/mol. The lowest BCUT2D eigenvalue weighted by Gasteiger charge is -2.09. The van der Waals surface area contributed by atoms with E-state index in [1.165, 1.54) is 0 Å². The van der Waals surface area contributed by atoms with Crippen LogP contribution in [0.5, 0.6) is 5.75 Å².